The van der Waals surface area contributed by atoms with E-state index in [-0.39, 0.29) is 0 Å². The van der Waals surface area contributed by atoms with Crippen molar-refractivity contribution in [3.8, 4) is 5.75 Å². The average molecular weight is 261 g/mol. The minimum Gasteiger partial charge on any atom is -0.496 e. The number of methoxy groups -OCH3 is 1. The maximum atomic E-state index is 5.41. The Hall–Kier alpha value is -1.02. The molecular formula is C17H27NO. The van der Waals surface area contributed by atoms with Crippen molar-refractivity contribution in [1.29, 1.82) is 0 Å². The normalized spacial score (nSPS) is 16.5. The van der Waals surface area contributed by atoms with Gasteiger partial charge in [-0.05, 0) is 31.9 Å². The van der Waals surface area contributed by atoms with Crippen LogP contribution in [-0.4, -0.2) is 13.7 Å². The predicted octanol–water partition coefficient (Wildman–Crippen LogP) is 4.06. The van der Waals surface area contributed by atoms with E-state index < -0.39 is 0 Å². The molecule has 0 aromatic heterocycles. The lowest BCUT2D eigenvalue weighted by molar-refractivity contribution is 0.333. The van der Waals surface area contributed by atoms with Gasteiger partial charge in [-0.15, -0.1) is 0 Å². The van der Waals surface area contributed by atoms with E-state index in [0.29, 0.717) is 0 Å². The molecule has 0 unspecified atom stereocenters. The van der Waals surface area contributed by atoms with Crippen LogP contribution in [0.1, 0.15) is 49.7 Å². The first-order valence-corrected chi connectivity index (χ1v) is 7.64. The van der Waals surface area contributed by atoms with Crippen LogP contribution in [0.3, 0.4) is 0 Å². The summed E-state index contributed by atoms with van der Waals surface area (Å²) in [6.45, 7) is 4.17. The van der Waals surface area contributed by atoms with Gasteiger partial charge in [0.2, 0.25) is 0 Å². The van der Waals surface area contributed by atoms with Gasteiger partial charge in [0, 0.05) is 12.1 Å². The van der Waals surface area contributed by atoms with Crippen LogP contribution < -0.4 is 10.1 Å². The number of rotatable bonds is 6. The second-order valence-corrected chi connectivity index (χ2v) is 5.78. The number of benzene rings is 1. The molecule has 0 heterocycles. The van der Waals surface area contributed by atoms with Gasteiger partial charge < -0.3 is 10.1 Å². The highest BCUT2D eigenvalue weighted by atomic mass is 16.5. The Morgan fingerprint density at radius 1 is 1.21 bits per heavy atom. The van der Waals surface area contributed by atoms with Gasteiger partial charge in [-0.25, -0.2) is 0 Å². The van der Waals surface area contributed by atoms with E-state index in [1.807, 2.05) is 0 Å². The Morgan fingerprint density at radius 2 is 2.00 bits per heavy atom. The third kappa shape index (κ3) is 4.54. The molecule has 0 radical (unpaired) electrons. The van der Waals surface area contributed by atoms with Crippen molar-refractivity contribution < 1.29 is 4.74 Å². The molecule has 1 aliphatic carbocycles. The summed E-state index contributed by atoms with van der Waals surface area (Å²) < 4.78 is 5.41. The van der Waals surface area contributed by atoms with E-state index >= 15 is 0 Å². The summed E-state index contributed by atoms with van der Waals surface area (Å²) in [5.74, 6) is 1.96. The molecule has 0 saturated heterocycles. The molecule has 1 saturated carbocycles. The third-order valence-corrected chi connectivity index (χ3v) is 4.21. The maximum Gasteiger partial charge on any atom is 0.123 e. The summed E-state index contributed by atoms with van der Waals surface area (Å²) in [4.78, 5) is 0. The Labute approximate surface area is 117 Å². The summed E-state index contributed by atoms with van der Waals surface area (Å²) >= 11 is 0. The van der Waals surface area contributed by atoms with E-state index in [2.05, 4.69) is 30.4 Å². The Bertz CT molecular complexity index is 383. The number of nitrogens with one attached hydrogen (secondary N) is 1. The van der Waals surface area contributed by atoms with Crippen molar-refractivity contribution in [2.24, 2.45) is 5.92 Å². The molecule has 0 aliphatic heterocycles. The van der Waals surface area contributed by atoms with Gasteiger partial charge in [0.1, 0.15) is 5.75 Å². The third-order valence-electron chi connectivity index (χ3n) is 4.21. The molecule has 1 N–H and O–H groups in total. The topological polar surface area (TPSA) is 21.3 Å². The van der Waals surface area contributed by atoms with E-state index in [0.717, 1.165) is 24.8 Å². The first kappa shape index (κ1) is 14.4. The molecule has 2 heteroatoms. The van der Waals surface area contributed by atoms with Crippen LogP contribution in [0, 0.1) is 12.8 Å². The van der Waals surface area contributed by atoms with Crippen LogP contribution in [-0.2, 0) is 6.54 Å². The van der Waals surface area contributed by atoms with Crippen LogP contribution in [0.25, 0.3) is 0 Å². The van der Waals surface area contributed by atoms with Crippen molar-refractivity contribution >= 4 is 0 Å². The molecule has 0 bridgehead atoms. The SMILES string of the molecule is COc1ccc(C)cc1CNCCC1CCCCC1. The van der Waals surface area contributed by atoms with Gasteiger partial charge in [0.25, 0.3) is 0 Å². The van der Waals surface area contributed by atoms with E-state index in [1.54, 1.807) is 7.11 Å². The fourth-order valence-corrected chi connectivity index (χ4v) is 3.05. The Kier molecular flexibility index (Phi) is 5.71. The summed E-state index contributed by atoms with van der Waals surface area (Å²) in [6.07, 6.45) is 8.54. The lowest BCUT2D eigenvalue weighted by Crippen LogP contribution is -2.19. The quantitative estimate of drug-likeness (QED) is 0.780. The lowest BCUT2D eigenvalue weighted by Gasteiger charge is -2.21. The first-order valence-electron chi connectivity index (χ1n) is 7.64. The van der Waals surface area contributed by atoms with E-state index in [1.165, 1.54) is 49.7 Å². The van der Waals surface area contributed by atoms with Crippen LogP contribution in [0.5, 0.6) is 5.75 Å². The molecule has 2 rings (SSSR count). The number of aryl methyl sites for hydroxylation is 1. The predicted molar refractivity (Wildman–Crippen MR) is 80.6 cm³/mol. The second-order valence-electron chi connectivity index (χ2n) is 5.78. The molecule has 1 aromatic carbocycles. The van der Waals surface area contributed by atoms with Gasteiger partial charge in [0.15, 0.2) is 0 Å². The summed E-state index contributed by atoms with van der Waals surface area (Å²) in [5.41, 5.74) is 2.57. The Morgan fingerprint density at radius 3 is 2.74 bits per heavy atom. The van der Waals surface area contributed by atoms with Gasteiger partial charge in [-0.3, -0.25) is 0 Å². The van der Waals surface area contributed by atoms with Gasteiger partial charge in [-0.1, -0.05) is 49.8 Å². The van der Waals surface area contributed by atoms with Crippen molar-refractivity contribution in [1.82, 2.24) is 5.32 Å². The number of hydrogen-bond acceptors (Lipinski definition) is 2. The maximum absolute atomic E-state index is 5.41. The highest BCUT2D eigenvalue weighted by molar-refractivity contribution is 5.36. The summed E-state index contributed by atoms with van der Waals surface area (Å²) in [5, 5.41) is 3.57. The van der Waals surface area contributed by atoms with Crippen LogP contribution in [0.2, 0.25) is 0 Å². The minimum atomic E-state index is 0.914. The zero-order chi connectivity index (χ0) is 13.5. The van der Waals surface area contributed by atoms with E-state index in [4.69, 9.17) is 4.74 Å². The summed E-state index contributed by atoms with van der Waals surface area (Å²) in [6, 6.07) is 6.38. The van der Waals surface area contributed by atoms with Crippen molar-refractivity contribution in [3.63, 3.8) is 0 Å². The molecule has 0 spiro atoms. The molecular weight excluding hydrogens is 234 g/mol. The lowest BCUT2D eigenvalue weighted by atomic mass is 9.87. The van der Waals surface area contributed by atoms with Crippen LogP contribution in [0.15, 0.2) is 18.2 Å². The van der Waals surface area contributed by atoms with Crippen LogP contribution >= 0.6 is 0 Å². The highest BCUT2D eigenvalue weighted by Gasteiger charge is 2.12. The first-order chi connectivity index (χ1) is 9.29. The largest absolute Gasteiger partial charge is 0.496 e. The summed E-state index contributed by atoms with van der Waals surface area (Å²) in [7, 11) is 1.75. The molecule has 106 valence electrons. The Balaban J connectivity index is 1.74. The fraction of sp³-hybridized carbons (Fsp3) is 0.647. The smallest absolute Gasteiger partial charge is 0.123 e. The zero-order valence-electron chi connectivity index (χ0n) is 12.4. The van der Waals surface area contributed by atoms with Crippen molar-refractivity contribution in [2.75, 3.05) is 13.7 Å². The molecule has 19 heavy (non-hydrogen) atoms. The molecule has 1 aromatic rings. The van der Waals surface area contributed by atoms with Crippen molar-refractivity contribution in [2.45, 2.75) is 52.0 Å². The second kappa shape index (κ2) is 7.54. The number of ether oxygens (including phenoxy) is 1. The minimum absolute atomic E-state index is 0.914. The van der Waals surface area contributed by atoms with Gasteiger partial charge >= 0.3 is 0 Å². The highest BCUT2D eigenvalue weighted by Crippen LogP contribution is 2.26. The average Bonchev–Trinajstić information content (AvgIpc) is 2.45. The van der Waals surface area contributed by atoms with Gasteiger partial charge in [-0.2, -0.15) is 0 Å². The fourth-order valence-electron chi connectivity index (χ4n) is 3.05. The van der Waals surface area contributed by atoms with Crippen LogP contribution in [0.4, 0.5) is 0 Å². The molecule has 1 aliphatic rings. The molecule has 1 fully saturated rings. The van der Waals surface area contributed by atoms with E-state index in [9.17, 15) is 0 Å². The molecule has 0 amide bonds. The van der Waals surface area contributed by atoms with Gasteiger partial charge in [0.05, 0.1) is 7.11 Å². The zero-order valence-corrected chi connectivity index (χ0v) is 12.4. The molecule has 0 atom stereocenters. The standard InChI is InChI=1S/C17H27NO/c1-14-8-9-17(19-2)16(12-14)13-18-11-10-15-6-4-3-5-7-15/h8-9,12,15,18H,3-7,10-11,13H2,1-2H3. The molecule has 2 nitrogen and oxygen atoms in total. The van der Waals surface area contributed by atoms with Crippen molar-refractivity contribution in [3.05, 3.63) is 29.3 Å². The monoisotopic (exact) mass is 261 g/mol. The number of hydrogen-bond donors (Lipinski definition) is 1.